The number of anilines is 1. The standard InChI is InChI=1S/C20H23NO3S3/c1-14-3-6-18(11-15(14)2)26-17-7-4-16(5-8-17)21-20(22)12-25-19-9-10-27(23,24)13-19/h3-8,11,19H,9-10,12-13H2,1-2H3,(H,21,22)/t19-/m0/s1. The Morgan fingerprint density at radius 3 is 2.41 bits per heavy atom. The van der Waals surface area contributed by atoms with Crippen molar-refractivity contribution in [1.29, 1.82) is 0 Å². The minimum Gasteiger partial charge on any atom is -0.325 e. The zero-order chi connectivity index (χ0) is 19.4. The van der Waals surface area contributed by atoms with Crippen LogP contribution in [0.5, 0.6) is 0 Å². The van der Waals surface area contributed by atoms with Gasteiger partial charge in [-0.3, -0.25) is 4.79 Å². The molecule has 1 fully saturated rings. The second-order valence-corrected chi connectivity index (χ2v) is 11.4. The van der Waals surface area contributed by atoms with Crippen LogP contribution >= 0.6 is 23.5 Å². The quantitative estimate of drug-likeness (QED) is 0.753. The summed E-state index contributed by atoms with van der Waals surface area (Å²) in [6.07, 6.45) is 0.644. The number of hydrogen-bond acceptors (Lipinski definition) is 5. The van der Waals surface area contributed by atoms with Crippen LogP contribution in [0.3, 0.4) is 0 Å². The van der Waals surface area contributed by atoms with E-state index in [0.29, 0.717) is 6.42 Å². The number of carbonyl (C=O) groups is 1. The van der Waals surface area contributed by atoms with Crippen molar-refractivity contribution < 1.29 is 13.2 Å². The monoisotopic (exact) mass is 421 g/mol. The van der Waals surface area contributed by atoms with E-state index in [1.807, 2.05) is 24.3 Å². The molecule has 7 heteroatoms. The van der Waals surface area contributed by atoms with Gasteiger partial charge in [0.05, 0.1) is 17.3 Å². The highest BCUT2D eigenvalue weighted by Crippen LogP contribution is 2.30. The second-order valence-electron chi connectivity index (χ2n) is 6.76. The normalized spacial score (nSPS) is 18.4. The molecule has 1 saturated heterocycles. The highest BCUT2D eigenvalue weighted by Gasteiger charge is 2.28. The molecule has 0 unspecified atom stereocenters. The lowest BCUT2D eigenvalue weighted by Gasteiger charge is -2.09. The van der Waals surface area contributed by atoms with Gasteiger partial charge in [-0.15, -0.1) is 11.8 Å². The summed E-state index contributed by atoms with van der Waals surface area (Å²) >= 11 is 3.12. The fraction of sp³-hybridized carbons (Fsp3) is 0.350. The van der Waals surface area contributed by atoms with Crippen LogP contribution in [-0.2, 0) is 14.6 Å². The van der Waals surface area contributed by atoms with Gasteiger partial charge in [-0.25, -0.2) is 8.42 Å². The van der Waals surface area contributed by atoms with Gasteiger partial charge in [-0.2, -0.15) is 0 Å². The van der Waals surface area contributed by atoms with Gasteiger partial charge in [0.25, 0.3) is 0 Å². The average Bonchev–Trinajstić information content (AvgIpc) is 2.97. The maximum atomic E-state index is 12.1. The van der Waals surface area contributed by atoms with Gasteiger partial charge < -0.3 is 5.32 Å². The molecule has 0 spiro atoms. The van der Waals surface area contributed by atoms with E-state index in [2.05, 4.69) is 37.4 Å². The van der Waals surface area contributed by atoms with Crippen LogP contribution in [0.4, 0.5) is 5.69 Å². The van der Waals surface area contributed by atoms with Crippen LogP contribution in [0.15, 0.2) is 52.3 Å². The van der Waals surface area contributed by atoms with E-state index in [1.54, 1.807) is 11.8 Å². The van der Waals surface area contributed by atoms with E-state index < -0.39 is 9.84 Å². The first-order valence-electron chi connectivity index (χ1n) is 8.78. The van der Waals surface area contributed by atoms with Crippen molar-refractivity contribution in [2.24, 2.45) is 0 Å². The lowest BCUT2D eigenvalue weighted by atomic mass is 10.1. The zero-order valence-corrected chi connectivity index (χ0v) is 17.8. The number of rotatable bonds is 6. The first kappa shape index (κ1) is 20.3. The molecule has 0 bridgehead atoms. The van der Waals surface area contributed by atoms with Crippen molar-refractivity contribution in [3.63, 3.8) is 0 Å². The molecule has 2 aromatic rings. The van der Waals surface area contributed by atoms with E-state index in [9.17, 15) is 13.2 Å². The SMILES string of the molecule is Cc1ccc(Sc2ccc(NC(=O)CS[C@H]3CCS(=O)(=O)C3)cc2)cc1C. The van der Waals surface area contributed by atoms with E-state index >= 15 is 0 Å². The van der Waals surface area contributed by atoms with Crippen molar-refractivity contribution in [3.8, 4) is 0 Å². The fourth-order valence-electron chi connectivity index (χ4n) is 2.80. The number of amides is 1. The molecule has 4 nitrogen and oxygen atoms in total. The summed E-state index contributed by atoms with van der Waals surface area (Å²) in [6, 6.07) is 14.2. The van der Waals surface area contributed by atoms with E-state index in [-0.39, 0.29) is 28.4 Å². The molecule has 0 aromatic heterocycles. The van der Waals surface area contributed by atoms with Gasteiger partial charge in [0, 0.05) is 20.7 Å². The second kappa shape index (κ2) is 8.71. The number of nitrogens with one attached hydrogen (secondary N) is 1. The van der Waals surface area contributed by atoms with Gasteiger partial charge in [0.2, 0.25) is 5.91 Å². The van der Waals surface area contributed by atoms with Crippen LogP contribution in [0.1, 0.15) is 17.5 Å². The highest BCUT2D eigenvalue weighted by atomic mass is 32.2. The summed E-state index contributed by atoms with van der Waals surface area (Å²) in [6.45, 7) is 4.21. The molecule has 1 aliphatic heterocycles. The molecule has 2 aromatic carbocycles. The molecule has 0 aliphatic carbocycles. The molecule has 1 atom stereocenters. The number of hydrogen-bond donors (Lipinski definition) is 1. The Labute approximate surface area is 169 Å². The molecule has 1 N–H and O–H groups in total. The number of carbonyl (C=O) groups excluding carboxylic acids is 1. The van der Waals surface area contributed by atoms with Gasteiger partial charge in [-0.1, -0.05) is 17.8 Å². The third-order valence-corrected chi connectivity index (χ3v) is 8.77. The van der Waals surface area contributed by atoms with E-state index in [0.717, 1.165) is 10.6 Å². The number of thioether (sulfide) groups is 1. The lowest BCUT2D eigenvalue weighted by molar-refractivity contribution is -0.113. The maximum Gasteiger partial charge on any atom is 0.234 e. The number of aryl methyl sites for hydroxylation is 2. The highest BCUT2D eigenvalue weighted by molar-refractivity contribution is 8.02. The fourth-order valence-corrected chi connectivity index (χ4v) is 7.16. The van der Waals surface area contributed by atoms with E-state index in [4.69, 9.17) is 0 Å². The number of sulfone groups is 1. The Kier molecular flexibility index (Phi) is 6.55. The van der Waals surface area contributed by atoms with Crippen molar-refractivity contribution in [2.75, 3.05) is 22.6 Å². The minimum absolute atomic E-state index is 0.0393. The summed E-state index contributed by atoms with van der Waals surface area (Å²) in [5.74, 6) is 0.611. The van der Waals surface area contributed by atoms with Crippen molar-refractivity contribution in [1.82, 2.24) is 0 Å². The molecular weight excluding hydrogens is 398 g/mol. The Balaban J connectivity index is 1.49. The molecule has 1 aliphatic rings. The molecule has 144 valence electrons. The van der Waals surface area contributed by atoms with Gasteiger partial charge in [0.15, 0.2) is 9.84 Å². The first-order chi connectivity index (χ1) is 12.8. The van der Waals surface area contributed by atoms with Crippen LogP contribution in [0, 0.1) is 13.8 Å². The Morgan fingerprint density at radius 1 is 1.07 bits per heavy atom. The van der Waals surface area contributed by atoms with E-state index in [1.165, 1.54) is 27.8 Å². The van der Waals surface area contributed by atoms with Crippen molar-refractivity contribution >= 4 is 45.0 Å². The van der Waals surface area contributed by atoms with Gasteiger partial charge >= 0.3 is 0 Å². The first-order valence-corrected chi connectivity index (χ1v) is 12.5. The molecule has 0 radical (unpaired) electrons. The van der Waals surface area contributed by atoms with Crippen LogP contribution in [0.2, 0.25) is 0 Å². The Hall–Kier alpha value is -1.44. The maximum absolute atomic E-state index is 12.1. The van der Waals surface area contributed by atoms with Gasteiger partial charge in [0.1, 0.15) is 0 Å². The Morgan fingerprint density at radius 2 is 1.78 bits per heavy atom. The van der Waals surface area contributed by atoms with Crippen molar-refractivity contribution in [3.05, 3.63) is 53.6 Å². The molecule has 1 amide bonds. The predicted molar refractivity (Wildman–Crippen MR) is 115 cm³/mol. The number of benzene rings is 2. The summed E-state index contributed by atoms with van der Waals surface area (Å²) in [4.78, 5) is 14.4. The van der Waals surface area contributed by atoms with Crippen molar-refractivity contribution in [2.45, 2.75) is 35.3 Å². The third-order valence-electron chi connectivity index (χ3n) is 4.49. The van der Waals surface area contributed by atoms with Gasteiger partial charge in [-0.05, 0) is 67.8 Å². The smallest absolute Gasteiger partial charge is 0.234 e. The molecule has 27 heavy (non-hydrogen) atoms. The topological polar surface area (TPSA) is 63.2 Å². The third kappa shape index (κ3) is 6.02. The minimum atomic E-state index is -2.89. The lowest BCUT2D eigenvalue weighted by Crippen LogP contribution is -2.17. The summed E-state index contributed by atoms with van der Waals surface area (Å²) < 4.78 is 22.9. The molecule has 1 heterocycles. The summed E-state index contributed by atoms with van der Waals surface area (Å²) in [5.41, 5.74) is 3.31. The molecule has 0 saturated carbocycles. The largest absolute Gasteiger partial charge is 0.325 e. The zero-order valence-electron chi connectivity index (χ0n) is 15.4. The summed E-state index contributed by atoms with van der Waals surface area (Å²) in [7, 11) is -2.89. The molecule has 3 rings (SSSR count). The van der Waals surface area contributed by atoms with Crippen LogP contribution in [0.25, 0.3) is 0 Å². The van der Waals surface area contributed by atoms with Crippen LogP contribution in [-0.4, -0.2) is 36.8 Å². The predicted octanol–water partition coefficient (Wildman–Crippen LogP) is 4.31. The van der Waals surface area contributed by atoms with Crippen LogP contribution < -0.4 is 5.32 Å². The Bertz CT molecular complexity index is 924. The molecular formula is C20H23NO3S3. The summed E-state index contributed by atoms with van der Waals surface area (Å²) in [5, 5.41) is 2.92. The average molecular weight is 422 g/mol.